The molecule has 0 saturated heterocycles. The van der Waals surface area contributed by atoms with E-state index in [1.54, 1.807) is 45.0 Å². The predicted molar refractivity (Wildman–Crippen MR) is 116 cm³/mol. The summed E-state index contributed by atoms with van der Waals surface area (Å²) >= 11 is 0. The van der Waals surface area contributed by atoms with Gasteiger partial charge in [-0.25, -0.2) is 13.6 Å². The van der Waals surface area contributed by atoms with Gasteiger partial charge in [-0.1, -0.05) is 24.3 Å². The molecule has 2 aromatic rings. The minimum atomic E-state index is -3.03. The number of carbonyl (C=O) groups excluding carboxylic acids is 3. The molecule has 1 unspecified atom stereocenters. The molecule has 0 N–H and O–H groups in total. The van der Waals surface area contributed by atoms with E-state index in [0.29, 0.717) is 17.0 Å². The molecule has 1 atom stereocenters. The number of anilines is 1. The van der Waals surface area contributed by atoms with Crippen molar-refractivity contribution < 1.29 is 27.9 Å². The molecule has 1 amide bonds. The number of ketones is 1. The van der Waals surface area contributed by atoms with E-state index in [4.69, 9.17) is 4.74 Å². The number of Topliss-reactive ketones (excluding diaryl/α,β-unsaturated/α-hetero) is 1. The fraction of sp³-hybridized carbons (Fsp3) is 0.333. The van der Waals surface area contributed by atoms with Gasteiger partial charge in [0, 0.05) is 18.9 Å². The van der Waals surface area contributed by atoms with Crippen LogP contribution >= 0.6 is 0 Å². The average molecular weight is 442 g/mol. The molecule has 1 aliphatic heterocycles. The molecule has 6 nitrogen and oxygen atoms in total. The van der Waals surface area contributed by atoms with Crippen LogP contribution in [0.4, 0.5) is 14.5 Å². The Hall–Kier alpha value is -3.42. The van der Waals surface area contributed by atoms with Crippen LogP contribution in [0.25, 0.3) is 0 Å². The fourth-order valence-electron chi connectivity index (χ4n) is 3.43. The van der Waals surface area contributed by atoms with Gasteiger partial charge >= 0.3 is 5.97 Å². The van der Waals surface area contributed by atoms with Crippen LogP contribution in [0.1, 0.15) is 49.2 Å². The van der Waals surface area contributed by atoms with E-state index >= 15 is 0 Å². The molecule has 0 aromatic heterocycles. The van der Waals surface area contributed by atoms with Crippen molar-refractivity contribution in [3.05, 3.63) is 65.2 Å². The third-order valence-electron chi connectivity index (χ3n) is 4.93. The number of nitrogens with zero attached hydrogens (tertiary/aromatic N) is 2. The molecule has 0 saturated carbocycles. The van der Waals surface area contributed by atoms with Crippen LogP contribution in [0.2, 0.25) is 0 Å². The number of halogens is 2. The van der Waals surface area contributed by atoms with Crippen molar-refractivity contribution in [2.75, 3.05) is 5.01 Å². The van der Waals surface area contributed by atoms with Crippen LogP contribution in [-0.2, 0) is 26.7 Å². The van der Waals surface area contributed by atoms with E-state index in [-0.39, 0.29) is 23.7 Å². The summed E-state index contributed by atoms with van der Waals surface area (Å²) in [5, 5.41) is 5.29. The van der Waals surface area contributed by atoms with Gasteiger partial charge in [0.2, 0.25) is 0 Å². The van der Waals surface area contributed by atoms with E-state index in [0.717, 1.165) is 11.9 Å². The summed E-state index contributed by atoms with van der Waals surface area (Å²) < 4.78 is 32.4. The Labute approximate surface area is 184 Å². The smallest absolute Gasteiger partial charge is 0.338 e. The van der Waals surface area contributed by atoms with Crippen molar-refractivity contribution in [2.24, 2.45) is 11.0 Å². The van der Waals surface area contributed by atoms with Crippen molar-refractivity contribution in [1.82, 2.24) is 0 Å². The second-order valence-electron chi connectivity index (χ2n) is 8.06. The number of alkyl halides is 2. The average Bonchev–Trinajstić information content (AvgIpc) is 3.01. The van der Waals surface area contributed by atoms with Gasteiger partial charge in [0.15, 0.2) is 5.78 Å². The zero-order valence-electron chi connectivity index (χ0n) is 18.3. The zero-order valence-corrected chi connectivity index (χ0v) is 18.3. The number of rotatable bonds is 7. The van der Waals surface area contributed by atoms with Crippen LogP contribution in [0, 0.1) is 5.92 Å². The Bertz CT molecular complexity index is 1090. The number of esters is 1. The number of benzene rings is 2. The molecule has 1 heterocycles. The molecule has 0 bridgehead atoms. The van der Waals surface area contributed by atoms with Gasteiger partial charge in [-0.05, 0) is 50.6 Å². The predicted octanol–water partition coefficient (Wildman–Crippen LogP) is 4.51. The maximum Gasteiger partial charge on any atom is 0.338 e. The third-order valence-corrected chi connectivity index (χ3v) is 4.93. The maximum atomic E-state index is 13.6. The summed E-state index contributed by atoms with van der Waals surface area (Å²) in [6.45, 7) is 5.81. The van der Waals surface area contributed by atoms with Crippen LogP contribution in [0.5, 0.6) is 0 Å². The topological polar surface area (TPSA) is 76.0 Å². The number of ether oxygens (including phenoxy) is 1. The summed E-state index contributed by atoms with van der Waals surface area (Å²) in [5.74, 6) is -5.68. The second kappa shape index (κ2) is 8.98. The second-order valence-corrected chi connectivity index (χ2v) is 8.06. The molecule has 168 valence electrons. The highest BCUT2D eigenvalue weighted by atomic mass is 19.3. The van der Waals surface area contributed by atoms with E-state index in [1.807, 2.05) is 0 Å². The summed E-state index contributed by atoms with van der Waals surface area (Å²) in [4.78, 5) is 38.0. The lowest BCUT2D eigenvalue weighted by Crippen LogP contribution is -2.33. The van der Waals surface area contributed by atoms with Gasteiger partial charge in [0.1, 0.15) is 5.92 Å². The molecule has 0 spiro atoms. The standard InChI is InChI=1S/C24H24F2N2O4/c1-14(2)32-23(31)17-8-6-10-19(13-17)28-22(30)21(15(3)27-28)20(29)12-16-7-5-9-18(11-16)24(4,25)26/h5-11,13-14,21H,12H2,1-4H3. The van der Waals surface area contributed by atoms with Gasteiger partial charge in [-0.15, -0.1) is 0 Å². The Balaban J connectivity index is 1.79. The number of amides is 1. The molecular formula is C24H24F2N2O4. The van der Waals surface area contributed by atoms with Crippen molar-refractivity contribution in [2.45, 2.75) is 46.1 Å². The number of carbonyl (C=O) groups is 3. The summed E-state index contributed by atoms with van der Waals surface area (Å²) in [6.07, 6.45) is -0.477. The normalized spacial score (nSPS) is 16.3. The first-order valence-electron chi connectivity index (χ1n) is 10.2. The quantitative estimate of drug-likeness (QED) is 0.467. The number of hydrazone groups is 1. The molecule has 32 heavy (non-hydrogen) atoms. The SMILES string of the molecule is CC1=NN(c2cccc(C(=O)OC(C)C)c2)C(=O)C1C(=O)Cc1cccc(C(C)(F)F)c1. The molecule has 8 heteroatoms. The van der Waals surface area contributed by atoms with Crippen LogP contribution < -0.4 is 5.01 Å². The molecule has 2 aromatic carbocycles. The summed E-state index contributed by atoms with van der Waals surface area (Å²) in [5.41, 5.74) is 1.08. The Morgan fingerprint density at radius 3 is 2.50 bits per heavy atom. The first-order chi connectivity index (χ1) is 15.0. The van der Waals surface area contributed by atoms with Gasteiger partial charge < -0.3 is 4.74 Å². The number of hydrogen-bond acceptors (Lipinski definition) is 5. The molecule has 1 aliphatic rings. The Morgan fingerprint density at radius 1 is 1.16 bits per heavy atom. The Morgan fingerprint density at radius 2 is 1.84 bits per heavy atom. The number of hydrogen-bond donors (Lipinski definition) is 0. The Kier molecular flexibility index (Phi) is 6.52. The van der Waals surface area contributed by atoms with Crippen molar-refractivity contribution in [3.8, 4) is 0 Å². The van der Waals surface area contributed by atoms with E-state index in [1.165, 1.54) is 24.3 Å². The van der Waals surface area contributed by atoms with E-state index < -0.39 is 29.5 Å². The van der Waals surface area contributed by atoms with E-state index in [2.05, 4.69) is 5.10 Å². The molecule has 0 radical (unpaired) electrons. The van der Waals surface area contributed by atoms with Gasteiger partial charge in [-0.3, -0.25) is 9.59 Å². The highest BCUT2D eigenvalue weighted by Gasteiger charge is 2.39. The van der Waals surface area contributed by atoms with Gasteiger partial charge in [-0.2, -0.15) is 10.1 Å². The van der Waals surface area contributed by atoms with Crippen molar-refractivity contribution in [1.29, 1.82) is 0 Å². The molecule has 0 aliphatic carbocycles. The monoisotopic (exact) mass is 442 g/mol. The lowest BCUT2D eigenvalue weighted by Gasteiger charge is -2.16. The first-order valence-corrected chi connectivity index (χ1v) is 10.2. The fourth-order valence-corrected chi connectivity index (χ4v) is 3.43. The largest absolute Gasteiger partial charge is 0.459 e. The summed E-state index contributed by atoms with van der Waals surface area (Å²) in [7, 11) is 0. The third kappa shape index (κ3) is 5.07. The highest BCUT2D eigenvalue weighted by molar-refractivity contribution is 6.27. The first kappa shape index (κ1) is 23.2. The molecule has 0 fully saturated rings. The molecule has 3 rings (SSSR count). The van der Waals surface area contributed by atoms with Crippen LogP contribution in [0.3, 0.4) is 0 Å². The van der Waals surface area contributed by atoms with Gasteiger partial charge in [0.25, 0.3) is 11.8 Å². The lowest BCUT2D eigenvalue weighted by molar-refractivity contribution is -0.128. The zero-order chi connectivity index (χ0) is 23.6. The van der Waals surface area contributed by atoms with Crippen molar-refractivity contribution >= 4 is 29.1 Å². The minimum Gasteiger partial charge on any atom is -0.459 e. The van der Waals surface area contributed by atoms with Gasteiger partial charge in [0.05, 0.1) is 23.1 Å². The van der Waals surface area contributed by atoms with Crippen LogP contribution in [0.15, 0.2) is 53.6 Å². The molecular weight excluding hydrogens is 418 g/mol. The highest BCUT2D eigenvalue weighted by Crippen LogP contribution is 2.29. The minimum absolute atomic E-state index is 0.179. The van der Waals surface area contributed by atoms with E-state index in [9.17, 15) is 23.2 Å². The lowest BCUT2D eigenvalue weighted by atomic mass is 9.93. The maximum absolute atomic E-state index is 13.6. The van der Waals surface area contributed by atoms with Crippen molar-refractivity contribution in [3.63, 3.8) is 0 Å². The van der Waals surface area contributed by atoms with Crippen LogP contribution in [-0.4, -0.2) is 29.5 Å². The summed E-state index contributed by atoms with van der Waals surface area (Å²) in [6, 6.07) is 11.8.